The molecule has 0 aliphatic rings. The molecule has 0 radical (unpaired) electrons. The van der Waals surface area contributed by atoms with Gasteiger partial charge >= 0.3 is 14.0 Å². The Kier molecular flexibility index (Phi) is 4.03. The summed E-state index contributed by atoms with van der Waals surface area (Å²) in [4.78, 5) is 10.4. The number of hydrogen-bond acceptors (Lipinski definition) is 3. The molecule has 0 spiro atoms. The first kappa shape index (κ1) is 12.7. The minimum absolute atomic E-state index is 0.0479. The van der Waals surface area contributed by atoms with Crippen LogP contribution in [-0.2, 0) is 13.9 Å². The fourth-order valence-electron chi connectivity index (χ4n) is 1.65. The van der Waals surface area contributed by atoms with Gasteiger partial charge in [-0.1, -0.05) is 30.3 Å². The Morgan fingerprint density at radius 1 is 1.17 bits per heavy atom. The lowest BCUT2D eigenvalue weighted by Gasteiger charge is -1.96. The third kappa shape index (κ3) is 2.92. The molecule has 0 saturated carbocycles. The normalized spacial score (nSPS) is 11.4. The van der Waals surface area contributed by atoms with Gasteiger partial charge < -0.3 is 5.11 Å². The van der Waals surface area contributed by atoms with Gasteiger partial charge in [0.25, 0.3) is 0 Å². The third-order valence-corrected chi connectivity index (χ3v) is 3.69. The van der Waals surface area contributed by atoms with Crippen molar-refractivity contribution in [3.05, 3.63) is 42.5 Å². The van der Waals surface area contributed by atoms with E-state index in [9.17, 15) is 9.36 Å². The van der Waals surface area contributed by atoms with Gasteiger partial charge in [0.15, 0.2) is 0 Å². The van der Waals surface area contributed by atoms with E-state index < -0.39 is 14.0 Å². The average molecular weight is 263 g/mol. The van der Waals surface area contributed by atoms with Gasteiger partial charge in [-0.3, -0.25) is 4.79 Å². The summed E-state index contributed by atoms with van der Waals surface area (Å²) in [6.45, 7) is -0.0479. The zero-order chi connectivity index (χ0) is 13.0. The largest absolute Gasteiger partial charge is 0.549 e. The first-order valence-corrected chi connectivity index (χ1v) is 6.66. The molecule has 0 heterocycles. The first-order chi connectivity index (χ1) is 8.68. The molecular weight excluding hydrogens is 251 g/mol. The highest BCUT2D eigenvalue weighted by Crippen LogP contribution is 2.26. The van der Waals surface area contributed by atoms with Gasteiger partial charge in [-0.2, -0.15) is 0 Å². The topological polar surface area (TPSA) is 63.6 Å². The Balaban J connectivity index is 2.20. The first-order valence-electron chi connectivity index (χ1n) is 5.48. The molecule has 0 aromatic heterocycles. The maximum atomic E-state index is 12.0. The number of fused-ring (bicyclic) bond motifs is 1. The second kappa shape index (κ2) is 5.71. The lowest BCUT2D eigenvalue weighted by atomic mass is 10.1. The molecule has 0 aliphatic carbocycles. The maximum Gasteiger partial charge on any atom is 0.549 e. The SMILES string of the molecule is O=C(O)CCO[P+](=O)c1cccc2ccccc12. The summed E-state index contributed by atoms with van der Waals surface area (Å²) >= 11 is 0. The highest BCUT2D eigenvalue weighted by molar-refractivity contribution is 7.49. The van der Waals surface area contributed by atoms with E-state index in [1.807, 2.05) is 36.4 Å². The zero-order valence-corrected chi connectivity index (χ0v) is 10.5. The minimum Gasteiger partial charge on any atom is -0.481 e. The predicted octanol–water partition coefficient (Wildman–Crippen LogP) is 2.70. The van der Waals surface area contributed by atoms with Crippen LogP contribution in [0.15, 0.2) is 42.5 Å². The van der Waals surface area contributed by atoms with Crippen LogP contribution in [0.1, 0.15) is 6.42 Å². The van der Waals surface area contributed by atoms with Crippen molar-refractivity contribution in [2.45, 2.75) is 6.42 Å². The Hall–Kier alpha value is -1.77. The standard InChI is InChI=1S/C13H11O4P/c14-13(15)8-9-17-18(16)12-7-3-5-10-4-1-2-6-11(10)12/h1-7H,8-9H2/p+1. The number of carbonyl (C=O) groups is 1. The van der Waals surface area contributed by atoms with Gasteiger partial charge in [0, 0.05) is 5.39 Å². The lowest BCUT2D eigenvalue weighted by molar-refractivity contribution is -0.137. The van der Waals surface area contributed by atoms with Crippen LogP contribution in [0.3, 0.4) is 0 Å². The molecule has 1 N–H and O–H groups in total. The van der Waals surface area contributed by atoms with Crippen LogP contribution in [-0.4, -0.2) is 17.7 Å². The van der Waals surface area contributed by atoms with Crippen molar-refractivity contribution in [3.63, 3.8) is 0 Å². The van der Waals surface area contributed by atoms with Crippen molar-refractivity contribution in [1.82, 2.24) is 0 Å². The summed E-state index contributed by atoms with van der Waals surface area (Å²) in [6.07, 6.45) is -0.147. The van der Waals surface area contributed by atoms with Crippen molar-refractivity contribution < 1.29 is 19.0 Å². The lowest BCUT2D eigenvalue weighted by Crippen LogP contribution is -2.04. The van der Waals surface area contributed by atoms with Gasteiger partial charge in [0.1, 0.15) is 6.61 Å². The molecule has 1 unspecified atom stereocenters. The van der Waals surface area contributed by atoms with Gasteiger partial charge in [0.2, 0.25) is 5.30 Å². The van der Waals surface area contributed by atoms with E-state index in [2.05, 4.69) is 0 Å². The van der Waals surface area contributed by atoms with E-state index in [4.69, 9.17) is 9.63 Å². The molecule has 5 heteroatoms. The fourth-order valence-corrected chi connectivity index (χ4v) is 2.66. The second-order valence-electron chi connectivity index (χ2n) is 3.73. The fraction of sp³-hybridized carbons (Fsp3) is 0.154. The van der Waals surface area contributed by atoms with Crippen LogP contribution < -0.4 is 5.30 Å². The molecule has 18 heavy (non-hydrogen) atoms. The average Bonchev–Trinajstić information content (AvgIpc) is 2.37. The summed E-state index contributed by atoms with van der Waals surface area (Å²) in [6, 6.07) is 13.1. The van der Waals surface area contributed by atoms with Gasteiger partial charge in [-0.25, -0.2) is 0 Å². The van der Waals surface area contributed by atoms with Crippen molar-refractivity contribution >= 4 is 30.1 Å². The summed E-state index contributed by atoms with van der Waals surface area (Å²) < 4.78 is 17.0. The van der Waals surface area contributed by atoms with Crippen molar-refractivity contribution in [1.29, 1.82) is 0 Å². The zero-order valence-electron chi connectivity index (χ0n) is 9.57. The van der Waals surface area contributed by atoms with Crippen LogP contribution in [0, 0.1) is 0 Å². The molecule has 0 fully saturated rings. The van der Waals surface area contributed by atoms with E-state index in [1.54, 1.807) is 6.07 Å². The number of carboxylic acid groups (broad SMARTS) is 1. The Morgan fingerprint density at radius 2 is 1.89 bits per heavy atom. The molecule has 0 amide bonds. The Bertz CT molecular complexity index is 589. The molecule has 0 saturated heterocycles. The van der Waals surface area contributed by atoms with Crippen molar-refractivity contribution in [2.75, 3.05) is 6.61 Å². The minimum atomic E-state index is -2.02. The number of carboxylic acids is 1. The van der Waals surface area contributed by atoms with Gasteiger partial charge in [-0.15, -0.1) is 4.52 Å². The molecule has 0 aliphatic heterocycles. The second-order valence-corrected chi connectivity index (χ2v) is 4.99. The maximum absolute atomic E-state index is 12.0. The molecule has 2 aromatic carbocycles. The van der Waals surface area contributed by atoms with E-state index >= 15 is 0 Å². The van der Waals surface area contributed by atoms with Crippen LogP contribution in [0.2, 0.25) is 0 Å². The molecule has 92 valence electrons. The number of benzene rings is 2. The van der Waals surface area contributed by atoms with Crippen molar-refractivity contribution in [3.8, 4) is 0 Å². The Morgan fingerprint density at radius 3 is 2.67 bits per heavy atom. The van der Waals surface area contributed by atoms with Crippen LogP contribution >= 0.6 is 8.03 Å². The number of rotatable bonds is 5. The summed E-state index contributed by atoms with van der Waals surface area (Å²) in [5, 5.41) is 11.0. The highest BCUT2D eigenvalue weighted by atomic mass is 31.1. The molecule has 1 atom stereocenters. The van der Waals surface area contributed by atoms with E-state index in [0.717, 1.165) is 10.8 Å². The van der Waals surface area contributed by atoms with E-state index in [1.165, 1.54) is 0 Å². The summed E-state index contributed by atoms with van der Waals surface area (Å²) in [5.74, 6) is -0.962. The third-order valence-electron chi connectivity index (χ3n) is 2.49. The number of hydrogen-bond donors (Lipinski definition) is 1. The van der Waals surface area contributed by atoms with Gasteiger partial charge in [-0.05, 0) is 22.1 Å². The summed E-state index contributed by atoms with van der Waals surface area (Å²) in [7, 11) is -2.02. The molecule has 2 rings (SSSR count). The van der Waals surface area contributed by atoms with Crippen LogP contribution in [0.5, 0.6) is 0 Å². The van der Waals surface area contributed by atoms with Crippen LogP contribution in [0.4, 0.5) is 0 Å². The van der Waals surface area contributed by atoms with E-state index in [-0.39, 0.29) is 13.0 Å². The van der Waals surface area contributed by atoms with Crippen LogP contribution in [0.25, 0.3) is 10.8 Å². The highest BCUT2D eigenvalue weighted by Gasteiger charge is 2.24. The molecule has 2 aromatic rings. The molecule has 0 bridgehead atoms. The van der Waals surface area contributed by atoms with E-state index in [0.29, 0.717) is 5.30 Å². The van der Waals surface area contributed by atoms with Crippen molar-refractivity contribution in [2.24, 2.45) is 0 Å². The molecule has 4 nitrogen and oxygen atoms in total. The summed E-state index contributed by atoms with van der Waals surface area (Å²) in [5.41, 5.74) is 0. The quantitative estimate of drug-likeness (QED) is 0.842. The predicted molar refractivity (Wildman–Crippen MR) is 69.4 cm³/mol. The smallest absolute Gasteiger partial charge is 0.481 e. The Labute approximate surface area is 105 Å². The number of aliphatic carboxylic acids is 1. The molecular formula is C13H12O4P+. The monoisotopic (exact) mass is 263 g/mol. The van der Waals surface area contributed by atoms with Gasteiger partial charge in [0.05, 0.1) is 6.42 Å².